The molecule has 7 nitrogen and oxygen atoms in total. The molecule has 0 saturated carbocycles. The highest BCUT2D eigenvalue weighted by atomic mass is 32.2. The van der Waals surface area contributed by atoms with Gasteiger partial charge in [0.1, 0.15) is 12.4 Å². The summed E-state index contributed by atoms with van der Waals surface area (Å²) in [5.41, 5.74) is 1.00. The van der Waals surface area contributed by atoms with Crippen molar-refractivity contribution in [1.82, 2.24) is 15.1 Å². The number of amides is 2. The van der Waals surface area contributed by atoms with Crippen LogP contribution in [0.2, 0.25) is 0 Å². The predicted octanol–water partition coefficient (Wildman–Crippen LogP) is 1.57. The van der Waals surface area contributed by atoms with Crippen molar-refractivity contribution in [3.05, 3.63) is 29.8 Å². The minimum atomic E-state index is -0.0432. The van der Waals surface area contributed by atoms with Gasteiger partial charge in [0.2, 0.25) is 5.91 Å². The number of rotatable bonds is 9. The summed E-state index contributed by atoms with van der Waals surface area (Å²) in [6.45, 7) is 6.70. The van der Waals surface area contributed by atoms with Crippen LogP contribution in [-0.2, 0) is 16.1 Å². The molecule has 2 aliphatic heterocycles. The van der Waals surface area contributed by atoms with Crippen molar-refractivity contribution in [3.63, 3.8) is 0 Å². The molecule has 1 aromatic rings. The summed E-state index contributed by atoms with van der Waals surface area (Å²) < 4.78 is 11.2. The highest BCUT2D eigenvalue weighted by Crippen LogP contribution is 2.17. The highest BCUT2D eigenvalue weighted by molar-refractivity contribution is 8.13. The minimum absolute atomic E-state index is 0.0432. The van der Waals surface area contributed by atoms with E-state index >= 15 is 0 Å². The molecule has 2 aliphatic rings. The molecule has 1 aromatic carbocycles. The van der Waals surface area contributed by atoms with Crippen molar-refractivity contribution in [2.45, 2.75) is 13.0 Å². The number of nitrogens with one attached hydrogen (secondary N) is 1. The maximum Gasteiger partial charge on any atom is 0.281 e. The normalized spacial score (nSPS) is 17.9. The smallest absolute Gasteiger partial charge is 0.281 e. The van der Waals surface area contributed by atoms with Crippen LogP contribution < -0.4 is 10.1 Å². The third-order valence-corrected chi connectivity index (χ3v) is 5.51. The lowest BCUT2D eigenvalue weighted by Gasteiger charge is -2.26. The van der Waals surface area contributed by atoms with Gasteiger partial charge in [0.15, 0.2) is 0 Å². The van der Waals surface area contributed by atoms with E-state index in [-0.39, 0.29) is 11.1 Å². The number of nitrogens with zero attached hydrogens (tertiary/aromatic N) is 2. The summed E-state index contributed by atoms with van der Waals surface area (Å²) in [7, 11) is 0. The molecule has 8 heteroatoms. The van der Waals surface area contributed by atoms with Crippen LogP contribution >= 0.6 is 11.8 Å². The number of hydrogen-bond donors (Lipinski definition) is 1. The van der Waals surface area contributed by atoms with Crippen molar-refractivity contribution < 1.29 is 19.1 Å². The van der Waals surface area contributed by atoms with Crippen molar-refractivity contribution in [2.24, 2.45) is 0 Å². The molecule has 2 amide bonds. The lowest BCUT2D eigenvalue weighted by Crippen LogP contribution is -2.38. The molecule has 0 unspecified atom stereocenters. The third kappa shape index (κ3) is 6.71. The zero-order valence-electron chi connectivity index (χ0n) is 15.5. The molecule has 2 heterocycles. The first-order valence-electron chi connectivity index (χ1n) is 9.41. The summed E-state index contributed by atoms with van der Waals surface area (Å²) in [5, 5.41) is 2.99. The Hall–Kier alpha value is -1.77. The first kappa shape index (κ1) is 20.0. The Bertz CT molecular complexity index is 637. The van der Waals surface area contributed by atoms with E-state index in [4.69, 9.17) is 9.47 Å². The number of carbonyl (C=O) groups is 2. The Labute approximate surface area is 164 Å². The zero-order valence-corrected chi connectivity index (χ0v) is 16.3. The van der Waals surface area contributed by atoms with Gasteiger partial charge in [-0.2, -0.15) is 0 Å². The fraction of sp³-hybridized carbons (Fsp3) is 0.579. The summed E-state index contributed by atoms with van der Waals surface area (Å²) in [6, 6.07) is 7.79. The number of ether oxygens (including phenoxy) is 2. The van der Waals surface area contributed by atoms with Crippen molar-refractivity contribution in [3.8, 4) is 5.75 Å². The van der Waals surface area contributed by atoms with Gasteiger partial charge in [-0.05, 0) is 17.7 Å². The highest BCUT2D eigenvalue weighted by Gasteiger charge is 2.21. The number of carbonyl (C=O) groups excluding carboxylic acids is 2. The summed E-state index contributed by atoms with van der Waals surface area (Å²) in [5.74, 6) is 1.59. The van der Waals surface area contributed by atoms with Crippen LogP contribution in [0.15, 0.2) is 24.3 Å². The molecule has 0 atom stereocenters. The summed E-state index contributed by atoms with van der Waals surface area (Å²) >= 11 is 1.32. The van der Waals surface area contributed by atoms with Crippen molar-refractivity contribution >= 4 is 22.9 Å². The molecule has 0 radical (unpaired) electrons. The Balaban J connectivity index is 1.35. The van der Waals surface area contributed by atoms with E-state index in [1.807, 2.05) is 24.3 Å². The lowest BCUT2D eigenvalue weighted by molar-refractivity contribution is -0.121. The van der Waals surface area contributed by atoms with Crippen LogP contribution in [0.3, 0.4) is 0 Å². The molecule has 0 aliphatic carbocycles. The number of morpholine rings is 1. The number of benzene rings is 1. The molecule has 27 heavy (non-hydrogen) atoms. The number of thioether (sulfide) groups is 1. The van der Waals surface area contributed by atoms with Crippen LogP contribution in [-0.4, -0.2) is 79.2 Å². The summed E-state index contributed by atoms with van der Waals surface area (Å²) in [4.78, 5) is 27.6. The van der Waals surface area contributed by atoms with Gasteiger partial charge in [-0.25, -0.2) is 0 Å². The van der Waals surface area contributed by atoms with Crippen LogP contribution in [0.25, 0.3) is 0 Å². The van der Waals surface area contributed by atoms with E-state index in [1.54, 1.807) is 4.90 Å². The summed E-state index contributed by atoms with van der Waals surface area (Å²) in [6.07, 6.45) is 0.335. The van der Waals surface area contributed by atoms with E-state index in [0.717, 1.165) is 56.5 Å². The van der Waals surface area contributed by atoms with Crippen LogP contribution in [0.1, 0.15) is 12.0 Å². The molecule has 0 spiro atoms. The fourth-order valence-electron chi connectivity index (χ4n) is 3.02. The lowest BCUT2D eigenvalue weighted by atomic mass is 10.2. The average Bonchev–Trinajstić information content (AvgIpc) is 3.11. The van der Waals surface area contributed by atoms with E-state index in [1.165, 1.54) is 11.8 Å². The third-order valence-electron chi connectivity index (χ3n) is 4.62. The standard InChI is InChI=1S/C19H27N3O4S/c23-18(4-5-22-9-13-27-19(22)24)20-15-16-2-1-3-17(14-16)26-12-8-21-6-10-25-11-7-21/h1-3,14H,4-13,15H2,(H,20,23). The second-order valence-electron chi connectivity index (χ2n) is 6.58. The second kappa shape index (κ2) is 10.5. The van der Waals surface area contributed by atoms with Crippen molar-refractivity contribution in [1.29, 1.82) is 0 Å². The predicted molar refractivity (Wildman–Crippen MR) is 105 cm³/mol. The SMILES string of the molecule is O=C(CCN1CCSC1=O)NCc1cccc(OCCN2CCOCC2)c1. The molecule has 0 aromatic heterocycles. The topological polar surface area (TPSA) is 71.1 Å². The first-order chi connectivity index (χ1) is 13.2. The van der Waals surface area contributed by atoms with Gasteiger partial charge in [0.05, 0.1) is 13.2 Å². The van der Waals surface area contributed by atoms with Crippen molar-refractivity contribution in [2.75, 3.05) is 58.3 Å². The Kier molecular flexibility index (Phi) is 7.79. The van der Waals surface area contributed by atoms with Crippen LogP contribution in [0.5, 0.6) is 5.75 Å². The van der Waals surface area contributed by atoms with E-state index < -0.39 is 0 Å². The largest absolute Gasteiger partial charge is 0.492 e. The maximum absolute atomic E-state index is 12.0. The van der Waals surface area contributed by atoms with Gasteiger partial charge >= 0.3 is 0 Å². The van der Waals surface area contributed by atoms with Crippen LogP contribution in [0.4, 0.5) is 4.79 Å². The molecule has 1 N–H and O–H groups in total. The molecule has 3 rings (SSSR count). The van der Waals surface area contributed by atoms with E-state index in [9.17, 15) is 9.59 Å². The molecule has 2 fully saturated rings. The molecule has 148 valence electrons. The monoisotopic (exact) mass is 393 g/mol. The molecule has 2 saturated heterocycles. The van der Waals surface area contributed by atoms with Gasteiger partial charge in [0, 0.05) is 51.4 Å². The molecule has 0 bridgehead atoms. The maximum atomic E-state index is 12.0. The first-order valence-corrected chi connectivity index (χ1v) is 10.4. The number of hydrogen-bond acceptors (Lipinski definition) is 6. The van der Waals surface area contributed by atoms with Gasteiger partial charge in [-0.3, -0.25) is 14.5 Å². The Morgan fingerprint density at radius 2 is 2.07 bits per heavy atom. The molecular formula is C19H27N3O4S. The fourth-order valence-corrected chi connectivity index (χ4v) is 3.87. The average molecular weight is 394 g/mol. The van der Waals surface area contributed by atoms with E-state index in [2.05, 4.69) is 10.2 Å². The van der Waals surface area contributed by atoms with E-state index in [0.29, 0.717) is 26.1 Å². The van der Waals surface area contributed by atoms with Gasteiger partial charge in [0.25, 0.3) is 5.24 Å². The van der Waals surface area contributed by atoms with Gasteiger partial charge in [-0.15, -0.1) is 0 Å². The molecular weight excluding hydrogens is 366 g/mol. The quantitative estimate of drug-likeness (QED) is 0.687. The zero-order chi connectivity index (χ0) is 18.9. The minimum Gasteiger partial charge on any atom is -0.492 e. The second-order valence-corrected chi connectivity index (χ2v) is 7.62. The van der Waals surface area contributed by atoms with Gasteiger partial charge in [-0.1, -0.05) is 23.9 Å². The Morgan fingerprint density at radius 1 is 1.22 bits per heavy atom. The van der Waals surface area contributed by atoms with Gasteiger partial charge < -0.3 is 19.7 Å². The Morgan fingerprint density at radius 3 is 2.85 bits per heavy atom. The van der Waals surface area contributed by atoms with Crippen LogP contribution in [0, 0.1) is 0 Å².